The zero-order valence-electron chi connectivity index (χ0n) is 15.6. The van der Waals surface area contributed by atoms with Crippen LogP contribution in [0.5, 0.6) is 0 Å². The van der Waals surface area contributed by atoms with Crippen molar-refractivity contribution in [2.45, 2.75) is 27.7 Å². The first-order valence-electron chi connectivity index (χ1n) is 8.90. The number of piperazine rings is 1. The van der Waals surface area contributed by atoms with Gasteiger partial charge in [0.1, 0.15) is 0 Å². The average molecular weight is 337 g/mol. The van der Waals surface area contributed by atoms with Gasteiger partial charge in [0.25, 0.3) is 0 Å². The van der Waals surface area contributed by atoms with E-state index in [-0.39, 0.29) is 6.03 Å². The van der Waals surface area contributed by atoms with Crippen LogP contribution in [0.15, 0.2) is 36.4 Å². The minimum Gasteiger partial charge on any atom is -0.368 e. The van der Waals surface area contributed by atoms with Crippen LogP contribution in [0.4, 0.5) is 16.2 Å². The summed E-state index contributed by atoms with van der Waals surface area (Å²) in [7, 11) is 0. The van der Waals surface area contributed by atoms with Crippen LogP contribution in [0, 0.1) is 27.7 Å². The smallest absolute Gasteiger partial charge is 0.321 e. The number of urea groups is 1. The van der Waals surface area contributed by atoms with E-state index < -0.39 is 0 Å². The minimum absolute atomic E-state index is 0.00134. The van der Waals surface area contributed by atoms with Gasteiger partial charge in [-0.1, -0.05) is 36.4 Å². The number of aryl methyl sites for hydroxylation is 4. The molecule has 1 aliphatic heterocycles. The van der Waals surface area contributed by atoms with Gasteiger partial charge < -0.3 is 15.1 Å². The van der Waals surface area contributed by atoms with Gasteiger partial charge in [-0.2, -0.15) is 0 Å². The third-order valence-corrected chi connectivity index (χ3v) is 5.04. The fourth-order valence-corrected chi connectivity index (χ4v) is 3.64. The lowest BCUT2D eigenvalue weighted by Crippen LogP contribution is -2.50. The summed E-state index contributed by atoms with van der Waals surface area (Å²) < 4.78 is 0. The van der Waals surface area contributed by atoms with E-state index in [0.717, 1.165) is 43.0 Å². The maximum Gasteiger partial charge on any atom is 0.321 e. The molecule has 4 heteroatoms. The molecule has 4 nitrogen and oxygen atoms in total. The number of hydrogen-bond acceptors (Lipinski definition) is 2. The van der Waals surface area contributed by atoms with E-state index in [1.165, 1.54) is 16.8 Å². The zero-order chi connectivity index (χ0) is 18.0. The number of nitrogens with zero attached hydrogens (tertiary/aromatic N) is 2. The first-order chi connectivity index (χ1) is 12.0. The van der Waals surface area contributed by atoms with Gasteiger partial charge in [0.05, 0.1) is 0 Å². The van der Waals surface area contributed by atoms with E-state index in [0.29, 0.717) is 0 Å². The molecule has 25 heavy (non-hydrogen) atoms. The van der Waals surface area contributed by atoms with Gasteiger partial charge >= 0.3 is 6.03 Å². The number of rotatable bonds is 2. The Morgan fingerprint density at radius 2 is 1.28 bits per heavy atom. The quantitative estimate of drug-likeness (QED) is 0.888. The van der Waals surface area contributed by atoms with Crippen molar-refractivity contribution >= 4 is 17.4 Å². The summed E-state index contributed by atoms with van der Waals surface area (Å²) in [5, 5.41) is 3.09. The van der Waals surface area contributed by atoms with Gasteiger partial charge in [0, 0.05) is 37.6 Å². The van der Waals surface area contributed by atoms with Gasteiger partial charge in [-0.3, -0.25) is 0 Å². The maximum absolute atomic E-state index is 12.6. The Morgan fingerprint density at radius 3 is 1.80 bits per heavy atom. The second-order valence-electron chi connectivity index (χ2n) is 6.91. The molecule has 0 atom stereocenters. The van der Waals surface area contributed by atoms with Gasteiger partial charge in [0.2, 0.25) is 0 Å². The molecule has 2 amide bonds. The van der Waals surface area contributed by atoms with Crippen molar-refractivity contribution in [1.29, 1.82) is 0 Å². The molecule has 0 bridgehead atoms. The van der Waals surface area contributed by atoms with E-state index in [9.17, 15) is 4.79 Å². The van der Waals surface area contributed by atoms with E-state index in [4.69, 9.17) is 0 Å². The normalized spacial score (nSPS) is 14.6. The highest BCUT2D eigenvalue weighted by atomic mass is 16.2. The first kappa shape index (κ1) is 17.3. The number of anilines is 2. The monoisotopic (exact) mass is 337 g/mol. The van der Waals surface area contributed by atoms with Crippen molar-refractivity contribution < 1.29 is 4.79 Å². The van der Waals surface area contributed by atoms with Crippen molar-refractivity contribution in [1.82, 2.24) is 4.90 Å². The Hall–Kier alpha value is -2.49. The van der Waals surface area contributed by atoms with Gasteiger partial charge in [0.15, 0.2) is 0 Å². The molecule has 132 valence electrons. The molecule has 0 spiro atoms. The van der Waals surface area contributed by atoms with Gasteiger partial charge in [-0.05, 0) is 49.9 Å². The van der Waals surface area contributed by atoms with E-state index in [2.05, 4.69) is 42.3 Å². The Kier molecular flexibility index (Phi) is 4.98. The molecule has 0 aromatic heterocycles. The second kappa shape index (κ2) is 7.18. The summed E-state index contributed by atoms with van der Waals surface area (Å²) in [6.45, 7) is 11.6. The van der Waals surface area contributed by atoms with Crippen molar-refractivity contribution in [2.75, 3.05) is 36.4 Å². The number of carbonyl (C=O) groups is 1. The molecule has 0 saturated carbocycles. The third kappa shape index (κ3) is 3.63. The van der Waals surface area contributed by atoms with E-state index in [1.54, 1.807) is 0 Å². The summed E-state index contributed by atoms with van der Waals surface area (Å²) in [6.07, 6.45) is 0. The van der Waals surface area contributed by atoms with Crippen LogP contribution in [0.2, 0.25) is 0 Å². The van der Waals surface area contributed by atoms with Crippen LogP contribution in [0.3, 0.4) is 0 Å². The molecule has 0 radical (unpaired) electrons. The summed E-state index contributed by atoms with van der Waals surface area (Å²) in [6, 6.07) is 12.5. The lowest BCUT2D eigenvalue weighted by Gasteiger charge is -2.37. The molecule has 1 fully saturated rings. The summed E-state index contributed by atoms with van der Waals surface area (Å²) >= 11 is 0. The van der Waals surface area contributed by atoms with Crippen LogP contribution >= 0.6 is 0 Å². The third-order valence-electron chi connectivity index (χ3n) is 5.04. The fourth-order valence-electron chi connectivity index (χ4n) is 3.64. The van der Waals surface area contributed by atoms with Gasteiger partial charge in [-0.15, -0.1) is 0 Å². The van der Waals surface area contributed by atoms with Crippen molar-refractivity contribution in [3.63, 3.8) is 0 Å². The highest BCUT2D eigenvalue weighted by Crippen LogP contribution is 2.26. The summed E-state index contributed by atoms with van der Waals surface area (Å²) in [4.78, 5) is 17.0. The molecule has 1 saturated heterocycles. The number of carbonyl (C=O) groups excluding carboxylic acids is 1. The van der Waals surface area contributed by atoms with E-state index >= 15 is 0 Å². The number of amides is 2. The molecule has 2 aromatic carbocycles. The second-order valence-corrected chi connectivity index (χ2v) is 6.91. The Bertz CT molecular complexity index is 736. The SMILES string of the molecule is Cc1cccc(C)c1NC(=O)N1CCN(c2c(C)cccc2C)CC1. The Labute approximate surface area is 150 Å². The van der Waals surface area contributed by atoms with E-state index in [1.807, 2.05) is 36.9 Å². The number of hydrogen-bond donors (Lipinski definition) is 1. The maximum atomic E-state index is 12.6. The average Bonchev–Trinajstić information content (AvgIpc) is 2.58. The largest absolute Gasteiger partial charge is 0.368 e. The highest BCUT2D eigenvalue weighted by Gasteiger charge is 2.23. The van der Waals surface area contributed by atoms with Crippen molar-refractivity contribution in [2.24, 2.45) is 0 Å². The Morgan fingerprint density at radius 1 is 0.800 bits per heavy atom. The predicted molar refractivity (Wildman–Crippen MR) is 105 cm³/mol. The summed E-state index contributed by atoms with van der Waals surface area (Å²) in [5.41, 5.74) is 7.05. The molecular formula is C21H27N3O. The van der Waals surface area contributed by atoms with Crippen LogP contribution < -0.4 is 10.2 Å². The van der Waals surface area contributed by atoms with Crippen LogP contribution in [0.1, 0.15) is 22.3 Å². The zero-order valence-corrected chi connectivity index (χ0v) is 15.6. The lowest BCUT2D eigenvalue weighted by molar-refractivity contribution is 0.208. The van der Waals surface area contributed by atoms with Crippen molar-refractivity contribution in [3.05, 3.63) is 58.7 Å². The molecule has 1 heterocycles. The molecule has 0 unspecified atom stereocenters. The number of benzene rings is 2. The van der Waals surface area contributed by atoms with Crippen LogP contribution in [-0.2, 0) is 0 Å². The number of nitrogens with one attached hydrogen (secondary N) is 1. The standard InChI is InChI=1S/C21H27N3O/c1-15-7-5-8-16(2)19(15)22-21(25)24-13-11-23(12-14-24)20-17(3)9-6-10-18(20)4/h5-10H,11-14H2,1-4H3,(H,22,25). The lowest BCUT2D eigenvalue weighted by atomic mass is 10.1. The first-order valence-corrected chi connectivity index (χ1v) is 8.90. The minimum atomic E-state index is -0.00134. The fraction of sp³-hybridized carbons (Fsp3) is 0.381. The topological polar surface area (TPSA) is 35.6 Å². The molecular weight excluding hydrogens is 310 g/mol. The van der Waals surface area contributed by atoms with Crippen molar-refractivity contribution in [3.8, 4) is 0 Å². The van der Waals surface area contributed by atoms with Crippen LogP contribution in [0.25, 0.3) is 0 Å². The Balaban J connectivity index is 1.65. The van der Waals surface area contributed by atoms with Gasteiger partial charge in [-0.25, -0.2) is 4.79 Å². The molecule has 0 aliphatic carbocycles. The number of para-hydroxylation sites is 2. The summed E-state index contributed by atoms with van der Waals surface area (Å²) in [5.74, 6) is 0. The molecule has 2 aromatic rings. The molecule has 1 N–H and O–H groups in total. The van der Waals surface area contributed by atoms with Crippen LogP contribution in [-0.4, -0.2) is 37.1 Å². The highest BCUT2D eigenvalue weighted by molar-refractivity contribution is 5.91. The molecule has 1 aliphatic rings. The molecule has 3 rings (SSSR count). The predicted octanol–water partition coefficient (Wildman–Crippen LogP) is 4.27.